The van der Waals surface area contributed by atoms with E-state index < -0.39 is 19.9 Å². The first-order chi connectivity index (χ1) is 16.9. The van der Waals surface area contributed by atoms with E-state index >= 15 is 0 Å². The number of anilines is 1. The molecule has 1 aliphatic heterocycles. The Balaban J connectivity index is 1.70. The van der Waals surface area contributed by atoms with Gasteiger partial charge in [0.2, 0.25) is 0 Å². The van der Waals surface area contributed by atoms with Crippen molar-refractivity contribution in [2.75, 3.05) is 35.9 Å². The van der Waals surface area contributed by atoms with Gasteiger partial charge in [-0.05, 0) is 94.1 Å². The molecule has 0 aromatic heterocycles. The maximum atomic E-state index is 13.7. The zero-order valence-electron chi connectivity index (χ0n) is 20.5. The average molecular weight is 596 g/mol. The van der Waals surface area contributed by atoms with Crippen LogP contribution < -0.4 is 4.31 Å². The van der Waals surface area contributed by atoms with Crippen molar-refractivity contribution in [3.63, 3.8) is 0 Å². The summed E-state index contributed by atoms with van der Waals surface area (Å²) in [6.45, 7) is 4.48. The van der Waals surface area contributed by atoms with Crippen molar-refractivity contribution in [3.05, 3.63) is 57.5 Å². The summed E-state index contributed by atoms with van der Waals surface area (Å²) < 4.78 is 52.1. The first kappa shape index (κ1) is 29.5. The molecular weight excluding hydrogens is 563 g/mol. The fraction of sp³-hybridized carbons (Fsp3) is 0.520. The van der Waals surface area contributed by atoms with Crippen LogP contribution in [0.2, 0.25) is 15.1 Å². The number of sulfone groups is 1. The van der Waals surface area contributed by atoms with Gasteiger partial charge in [0, 0.05) is 28.9 Å². The fourth-order valence-corrected chi connectivity index (χ4v) is 8.17. The van der Waals surface area contributed by atoms with Crippen LogP contribution in [0.15, 0.2) is 47.4 Å². The second-order valence-electron chi connectivity index (χ2n) is 9.60. The van der Waals surface area contributed by atoms with E-state index in [1.165, 1.54) is 22.7 Å². The van der Waals surface area contributed by atoms with Gasteiger partial charge in [0.1, 0.15) is 9.84 Å². The van der Waals surface area contributed by atoms with Crippen molar-refractivity contribution >= 4 is 60.4 Å². The second-order valence-corrected chi connectivity index (χ2v) is 14.9. The minimum atomic E-state index is -3.93. The highest BCUT2D eigenvalue weighted by Gasteiger charge is 2.31. The van der Waals surface area contributed by atoms with Crippen LogP contribution in [-0.4, -0.2) is 59.4 Å². The Hall–Kier alpha value is -1.03. The van der Waals surface area contributed by atoms with Crippen molar-refractivity contribution in [2.45, 2.75) is 50.0 Å². The Labute approximate surface area is 230 Å². The molecule has 0 radical (unpaired) electrons. The molecule has 1 aliphatic rings. The lowest BCUT2D eigenvalue weighted by Gasteiger charge is -2.33. The van der Waals surface area contributed by atoms with E-state index in [1.54, 1.807) is 30.3 Å². The van der Waals surface area contributed by atoms with Gasteiger partial charge in [-0.3, -0.25) is 4.31 Å². The number of piperidine rings is 1. The van der Waals surface area contributed by atoms with Crippen molar-refractivity contribution in [1.29, 1.82) is 0 Å². The lowest BCUT2D eigenvalue weighted by atomic mass is 9.99. The molecule has 200 valence electrons. The predicted molar refractivity (Wildman–Crippen MR) is 150 cm³/mol. The van der Waals surface area contributed by atoms with Gasteiger partial charge in [0.15, 0.2) is 0 Å². The molecule has 2 atom stereocenters. The van der Waals surface area contributed by atoms with Crippen LogP contribution >= 0.6 is 34.8 Å². The summed E-state index contributed by atoms with van der Waals surface area (Å²) in [6, 6.07) is 10.5. The zero-order valence-corrected chi connectivity index (χ0v) is 24.4. The van der Waals surface area contributed by atoms with Crippen LogP contribution in [0.3, 0.4) is 0 Å². The molecular formula is C25H33Cl3N2O4S2. The number of nitrogens with zero attached hydrogens (tertiary/aromatic N) is 2. The van der Waals surface area contributed by atoms with Crippen LogP contribution in [-0.2, 0) is 19.9 Å². The molecule has 0 aliphatic carbocycles. The SMILES string of the molecule is CC(CCCCN1CCC[C@@H](CS(C)(=O)=O)C1)N(c1cc(Cl)ccc1Cl)S(=O)(=O)c1ccc(Cl)cc1. The summed E-state index contributed by atoms with van der Waals surface area (Å²) in [5.41, 5.74) is 0.339. The second kappa shape index (κ2) is 12.7. The number of likely N-dealkylation sites (tertiary alicyclic amines) is 1. The molecule has 3 rings (SSSR count). The molecule has 0 saturated carbocycles. The van der Waals surface area contributed by atoms with Gasteiger partial charge in [-0.2, -0.15) is 0 Å². The number of unbranched alkanes of at least 4 members (excludes halogenated alkanes) is 1. The van der Waals surface area contributed by atoms with Crippen LogP contribution in [0.4, 0.5) is 5.69 Å². The standard InChI is InChI=1S/C25H33Cl3N2O4S2/c1-19(6-3-4-14-29-15-5-7-20(17-29)18-35(2,31)32)30(25-16-22(27)10-13-24(25)28)36(33,34)23-11-8-21(26)9-12-23/h8-13,16,19-20H,3-7,14-15,17-18H2,1-2H3/t19?,20-/m1/s1. The highest BCUT2D eigenvalue weighted by molar-refractivity contribution is 7.93. The van der Waals surface area contributed by atoms with Gasteiger partial charge in [0.05, 0.1) is 21.4 Å². The number of hydrogen-bond acceptors (Lipinski definition) is 5. The maximum absolute atomic E-state index is 13.7. The van der Waals surface area contributed by atoms with Gasteiger partial charge in [0.25, 0.3) is 10.0 Å². The van der Waals surface area contributed by atoms with Crippen molar-refractivity contribution in [3.8, 4) is 0 Å². The molecule has 0 N–H and O–H groups in total. The Kier molecular flexibility index (Phi) is 10.4. The normalized spacial score (nSPS) is 18.2. The third-order valence-electron chi connectivity index (χ3n) is 6.40. The van der Waals surface area contributed by atoms with E-state index in [2.05, 4.69) is 4.90 Å². The summed E-state index contributed by atoms with van der Waals surface area (Å²) in [7, 11) is -6.91. The van der Waals surface area contributed by atoms with E-state index in [0.717, 1.165) is 45.3 Å². The van der Waals surface area contributed by atoms with Crippen LogP contribution in [0.1, 0.15) is 39.0 Å². The van der Waals surface area contributed by atoms with Gasteiger partial charge in [-0.1, -0.05) is 41.2 Å². The summed E-state index contributed by atoms with van der Waals surface area (Å²) in [5, 5.41) is 1.14. The first-order valence-corrected chi connectivity index (χ1v) is 16.7. The average Bonchev–Trinajstić information content (AvgIpc) is 2.78. The predicted octanol–water partition coefficient (Wildman–Crippen LogP) is 6.16. The summed E-state index contributed by atoms with van der Waals surface area (Å²) in [6.07, 6.45) is 5.54. The number of benzene rings is 2. The zero-order chi connectivity index (χ0) is 26.5. The van der Waals surface area contributed by atoms with E-state index in [1.807, 2.05) is 6.92 Å². The van der Waals surface area contributed by atoms with Gasteiger partial charge in [-0.25, -0.2) is 16.8 Å². The molecule has 2 aromatic carbocycles. The largest absolute Gasteiger partial charge is 0.303 e. The third kappa shape index (κ3) is 8.23. The molecule has 1 heterocycles. The molecule has 0 spiro atoms. The Morgan fingerprint density at radius 3 is 2.33 bits per heavy atom. The summed E-state index contributed by atoms with van der Waals surface area (Å²) in [5.74, 6) is 0.413. The highest BCUT2D eigenvalue weighted by Crippen LogP contribution is 2.35. The minimum absolute atomic E-state index is 0.125. The van der Waals surface area contributed by atoms with E-state index in [0.29, 0.717) is 27.2 Å². The van der Waals surface area contributed by atoms with E-state index in [-0.39, 0.29) is 22.6 Å². The molecule has 1 fully saturated rings. The first-order valence-electron chi connectivity index (χ1n) is 12.0. The van der Waals surface area contributed by atoms with Crippen LogP contribution in [0.5, 0.6) is 0 Å². The van der Waals surface area contributed by atoms with Crippen LogP contribution in [0, 0.1) is 5.92 Å². The monoisotopic (exact) mass is 594 g/mol. The molecule has 1 saturated heterocycles. The molecule has 2 aromatic rings. The summed E-state index contributed by atoms with van der Waals surface area (Å²) in [4.78, 5) is 2.44. The molecule has 1 unspecified atom stereocenters. The third-order valence-corrected chi connectivity index (χ3v) is 10.2. The van der Waals surface area contributed by atoms with Crippen molar-refractivity contribution in [1.82, 2.24) is 4.90 Å². The number of rotatable bonds is 11. The molecule has 0 bridgehead atoms. The summed E-state index contributed by atoms with van der Waals surface area (Å²) >= 11 is 18.6. The topological polar surface area (TPSA) is 74.8 Å². The highest BCUT2D eigenvalue weighted by atomic mass is 35.5. The number of halogens is 3. The Bertz CT molecular complexity index is 1240. The van der Waals surface area contributed by atoms with E-state index in [9.17, 15) is 16.8 Å². The molecule has 11 heteroatoms. The van der Waals surface area contributed by atoms with Crippen LogP contribution in [0.25, 0.3) is 0 Å². The smallest absolute Gasteiger partial charge is 0.264 e. The lowest BCUT2D eigenvalue weighted by molar-refractivity contribution is 0.181. The number of sulfonamides is 1. The fourth-order valence-electron chi connectivity index (χ4n) is 4.79. The van der Waals surface area contributed by atoms with E-state index in [4.69, 9.17) is 34.8 Å². The van der Waals surface area contributed by atoms with Gasteiger partial charge in [-0.15, -0.1) is 0 Å². The van der Waals surface area contributed by atoms with Gasteiger partial charge >= 0.3 is 0 Å². The molecule has 0 amide bonds. The van der Waals surface area contributed by atoms with Crippen molar-refractivity contribution < 1.29 is 16.8 Å². The minimum Gasteiger partial charge on any atom is -0.303 e. The lowest BCUT2D eigenvalue weighted by Crippen LogP contribution is -2.40. The number of hydrogen-bond donors (Lipinski definition) is 0. The Morgan fingerprint density at radius 2 is 1.67 bits per heavy atom. The molecule has 36 heavy (non-hydrogen) atoms. The Morgan fingerprint density at radius 1 is 1.00 bits per heavy atom. The quantitative estimate of drug-likeness (QED) is 0.291. The van der Waals surface area contributed by atoms with Crippen molar-refractivity contribution in [2.24, 2.45) is 5.92 Å². The van der Waals surface area contributed by atoms with Gasteiger partial charge < -0.3 is 4.90 Å². The maximum Gasteiger partial charge on any atom is 0.264 e. The molecule has 6 nitrogen and oxygen atoms in total.